The molecule has 2 rings (SSSR count). The van der Waals surface area contributed by atoms with Crippen LogP contribution >= 0.6 is 34.9 Å². The number of nitrogens with zero attached hydrogens (tertiary/aromatic N) is 3. The molecule has 0 saturated heterocycles. The van der Waals surface area contributed by atoms with Crippen molar-refractivity contribution in [2.24, 2.45) is 0 Å². The van der Waals surface area contributed by atoms with Crippen LogP contribution in [-0.4, -0.2) is 21.4 Å². The summed E-state index contributed by atoms with van der Waals surface area (Å²) in [7, 11) is 0. The molecule has 0 fully saturated rings. The molecule has 0 bridgehead atoms. The molecule has 2 aromatic rings. The molecule has 0 amide bonds. The molecule has 1 aromatic carbocycles. The van der Waals surface area contributed by atoms with Crippen LogP contribution in [0.4, 0.5) is 11.4 Å². The average Bonchev–Trinajstić information content (AvgIpc) is 2.76. The fourth-order valence-corrected chi connectivity index (χ4v) is 3.77. The van der Waals surface area contributed by atoms with Gasteiger partial charge in [0.1, 0.15) is 5.69 Å². The fourth-order valence-electron chi connectivity index (χ4n) is 1.23. The highest BCUT2D eigenvalue weighted by Crippen LogP contribution is 2.39. The summed E-state index contributed by atoms with van der Waals surface area (Å²) in [6, 6.07) is 4.84. The second-order valence-corrected chi connectivity index (χ2v) is 6.41. The van der Waals surface area contributed by atoms with E-state index in [1.807, 2.05) is 6.26 Å². The lowest BCUT2D eigenvalue weighted by atomic mass is 10.3. The summed E-state index contributed by atoms with van der Waals surface area (Å²) in [6.45, 7) is 0. The van der Waals surface area contributed by atoms with E-state index in [1.165, 1.54) is 40.9 Å². The van der Waals surface area contributed by atoms with Crippen LogP contribution in [0.2, 0.25) is 0 Å². The normalized spacial score (nSPS) is 10.5. The molecular weight excluding hydrogens is 292 g/mol. The van der Waals surface area contributed by atoms with Crippen molar-refractivity contribution in [1.29, 1.82) is 0 Å². The zero-order chi connectivity index (χ0) is 13.1. The number of hydrogen-bond acceptors (Lipinski definition) is 8. The van der Waals surface area contributed by atoms with Gasteiger partial charge in [0, 0.05) is 0 Å². The topological polar surface area (TPSA) is 94.9 Å². The molecule has 0 spiro atoms. The second-order valence-electron chi connectivity index (χ2n) is 3.09. The van der Waals surface area contributed by atoms with Gasteiger partial charge in [0.15, 0.2) is 8.68 Å². The number of aromatic nitrogens is 2. The Hall–Kier alpha value is -1.32. The van der Waals surface area contributed by atoms with Crippen LogP contribution in [0, 0.1) is 10.1 Å². The van der Waals surface area contributed by atoms with Crippen LogP contribution in [0.1, 0.15) is 0 Å². The number of nitro groups is 1. The van der Waals surface area contributed by atoms with Gasteiger partial charge < -0.3 is 5.73 Å². The molecule has 2 N–H and O–H groups in total. The van der Waals surface area contributed by atoms with Crippen LogP contribution in [-0.2, 0) is 0 Å². The molecule has 0 atom stereocenters. The summed E-state index contributed by atoms with van der Waals surface area (Å²) in [5.74, 6) is 0. The zero-order valence-electron chi connectivity index (χ0n) is 9.19. The standard InChI is InChI=1S/C9H8N4O2S3/c1-16-8-11-12-9(18-8)17-6-4-2-3-5(10)7(6)13(14)15/h2-4H,10H2,1H3. The third kappa shape index (κ3) is 2.74. The van der Waals surface area contributed by atoms with E-state index in [9.17, 15) is 10.1 Å². The average molecular weight is 300 g/mol. The van der Waals surface area contributed by atoms with Crippen LogP contribution < -0.4 is 5.73 Å². The minimum absolute atomic E-state index is 0.0802. The van der Waals surface area contributed by atoms with E-state index in [-0.39, 0.29) is 11.4 Å². The van der Waals surface area contributed by atoms with Gasteiger partial charge >= 0.3 is 5.69 Å². The van der Waals surface area contributed by atoms with Crippen molar-refractivity contribution >= 4 is 46.2 Å². The van der Waals surface area contributed by atoms with Crippen molar-refractivity contribution in [1.82, 2.24) is 10.2 Å². The summed E-state index contributed by atoms with van der Waals surface area (Å²) in [5.41, 5.74) is 5.69. The van der Waals surface area contributed by atoms with E-state index in [1.54, 1.807) is 12.1 Å². The Kier molecular flexibility index (Phi) is 4.04. The van der Waals surface area contributed by atoms with E-state index >= 15 is 0 Å². The molecule has 1 heterocycles. The minimum Gasteiger partial charge on any atom is -0.393 e. The maximum atomic E-state index is 11.0. The Balaban J connectivity index is 2.34. The number of thioether (sulfide) groups is 1. The van der Waals surface area contributed by atoms with Crippen LogP contribution in [0.3, 0.4) is 0 Å². The molecule has 94 valence electrons. The van der Waals surface area contributed by atoms with Gasteiger partial charge in [0.2, 0.25) is 0 Å². The third-order valence-corrected chi connectivity index (χ3v) is 4.97. The van der Waals surface area contributed by atoms with Crippen molar-refractivity contribution in [3.63, 3.8) is 0 Å². The molecular formula is C9H8N4O2S3. The largest absolute Gasteiger partial charge is 0.393 e. The van der Waals surface area contributed by atoms with Crippen molar-refractivity contribution in [2.75, 3.05) is 12.0 Å². The number of para-hydroxylation sites is 1. The summed E-state index contributed by atoms with van der Waals surface area (Å²) in [4.78, 5) is 11.0. The lowest BCUT2D eigenvalue weighted by Crippen LogP contribution is -1.97. The smallest absolute Gasteiger partial charge is 0.305 e. The van der Waals surface area contributed by atoms with Crippen molar-refractivity contribution < 1.29 is 4.92 Å². The molecule has 1 aromatic heterocycles. The van der Waals surface area contributed by atoms with Gasteiger partial charge in [0.05, 0.1) is 9.82 Å². The van der Waals surface area contributed by atoms with Crippen molar-refractivity contribution in [3.8, 4) is 0 Å². The Labute approximate surface area is 115 Å². The second kappa shape index (κ2) is 5.55. The molecule has 0 aliphatic heterocycles. The van der Waals surface area contributed by atoms with E-state index in [0.29, 0.717) is 9.24 Å². The Morgan fingerprint density at radius 2 is 2.11 bits per heavy atom. The highest BCUT2D eigenvalue weighted by molar-refractivity contribution is 8.03. The Morgan fingerprint density at radius 1 is 1.39 bits per heavy atom. The van der Waals surface area contributed by atoms with Crippen molar-refractivity contribution in [3.05, 3.63) is 28.3 Å². The predicted molar refractivity (Wildman–Crippen MR) is 73.3 cm³/mol. The summed E-state index contributed by atoms with van der Waals surface area (Å²) in [5, 5.41) is 18.9. The van der Waals surface area contributed by atoms with Gasteiger partial charge in [-0.2, -0.15) is 0 Å². The lowest BCUT2D eigenvalue weighted by Gasteiger charge is -2.01. The molecule has 0 saturated carbocycles. The summed E-state index contributed by atoms with van der Waals surface area (Å²) < 4.78 is 1.48. The zero-order valence-corrected chi connectivity index (χ0v) is 11.6. The Morgan fingerprint density at radius 3 is 2.72 bits per heavy atom. The highest BCUT2D eigenvalue weighted by Gasteiger charge is 2.19. The summed E-state index contributed by atoms with van der Waals surface area (Å²) in [6.07, 6.45) is 1.90. The summed E-state index contributed by atoms with van der Waals surface area (Å²) >= 11 is 4.08. The van der Waals surface area contributed by atoms with Crippen LogP contribution in [0.5, 0.6) is 0 Å². The van der Waals surface area contributed by atoms with E-state index in [0.717, 1.165) is 4.34 Å². The first-order valence-electron chi connectivity index (χ1n) is 4.70. The number of rotatable bonds is 4. The van der Waals surface area contributed by atoms with Gasteiger partial charge in [-0.25, -0.2) is 0 Å². The minimum atomic E-state index is -0.478. The Bertz CT molecular complexity index is 587. The van der Waals surface area contributed by atoms with E-state index in [2.05, 4.69) is 10.2 Å². The van der Waals surface area contributed by atoms with Crippen molar-refractivity contribution in [2.45, 2.75) is 13.6 Å². The molecule has 0 radical (unpaired) electrons. The maximum Gasteiger partial charge on any atom is 0.305 e. The van der Waals surface area contributed by atoms with Crippen LogP contribution in [0.25, 0.3) is 0 Å². The van der Waals surface area contributed by atoms with Gasteiger partial charge in [-0.15, -0.1) is 10.2 Å². The van der Waals surface area contributed by atoms with Gasteiger partial charge in [-0.1, -0.05) is 29.2 Å². The molecule has 0 aliphatic rings. The van der Waals surface area contributed by atoms with Crippen LogP contribution in [0.15, 0.2) is 31.8 Å². The number of anilines is 1. The highest BCUT2D eigenvalue weighted by atomic mass is 32.2. The van der Waals surface area contributed by atoms with Gasteiger partial charge in [0.25, 0.3) is 0 Å². The van der Waals surface area contributed by atoms with Gasteiger partial charge in [-0.3, -0.25) is 10.1 Å². The first kappa shape index (κ1) is 13.1. The number of nitro benzene ring substituents is 1. The van der Waals surface area contributed by atoms with E-state index < -0.39 is 4.92 Å². The first-order chi connectivity index (χ1) is 8.61. The monoisotopic (exact) mass is 300 g/mol. The molecule has 18 heavy (non-hydrogen) atoms. The number of benzene rings is 1. The molecule has 0 unspecified atom stereocenters. The molecule has 9 heteroatoms. The quantitative estimate of drug-likeness (QED) is 0.401. The number of nitrogens with two attached hydrogens (primary N) is 1. The predicted octanol–water partition coefficient (Wildman–Crippen LogP) is 2.90. The van der Waals surface area contributed by atoms with Gasteiger partial charge in [-0.05, 0) is 30.2 Å². The lowest BCUT2D eigenvalue weighted by molar-refractivity contribution is -0.386. The fraction of sp³-hybridized carbons (Fsp3) is 0.111. The third-order valence-electron chi connectivity index (χ3n) is 1.97. The molecule has 0 aliphatic carbocycles. The first-order valence-corrected chi connectivity index (χ1v) is 7.56. The SMILES string of the molecule is CSc1nnc(Sc2cccc(N)c2[N+](=O)[O-])s1. The number of nitrogen functional groups attached to an aromatic ring is 1. The van der Waals surface area contributed by atoms with E-state index in [4.69, 9.17) is 5.73 Å². The number of hydrogen-bond donors (Lipinski definition) is 1. The maximum absolute atomic E-state index is 11.0. The molecule has 6 nitrogen and oxygen atoms in total.